The minimum atomic E-state index is 0.488. The summed E-state index contributed by atoms with van der Waals surface area (Å²) in [5.41, 5.74) is 2.84. The molecule has 29 heavy (non-hydrogen) atoms. The first-order valence-corrected chi connectivity index (χ1v) is 10.6. The van der Waals surface area contributed by atoms with E-state index in [9.17, 15) is 4.79 Å². The van der Waals surface area contributed by atoms with Crippen LogP contribution in [0.15, 0.2) is 47.6 Å². The number of nitrogens with zero attached hydrogens (tertiary/aromatic N) is 3. The first-order valence-electron chi connectivity index (χ1n) is 9.64. The number of carbonyl (C=O) groups excluding carboxylic acids is 1. The van der Waals surface area contributed by atoms with Gasteiger partial charge in [0.1, 0.15) is 6.29 Å². The molecule has 3 rings (SSSR count). The Morgan fingerprint density at radius 2 is 1.83 bits per heavy atom. The Morgan fingerprint density at radius 1 is 1.03 bits per heavy atom. The maximum absolute atomic E-state index is 11.0. The van der Waals surface area contributed by atoms with Crippen molar-refractivity contribution in [1.29, 1.82) is 0 Å². The maximum atomic E-state index is 11.0. The summed E-state index contributed by atoms with van der Waals surface area (Å²) < 4.78 is 13.6. The Labute approximate surface area is 175 Å². The molecule has 1 aromatic heterocycles. The van der Waals surface area contributed by atoms with Crippen LogP contribution in [-0.2, 0) is 6.54 Å². The number of ether oxygens (including phenoxy) is 2. The molecule has 0 saturated heterocycles. The number of benzene rings is 2. The summed E-state index contributed by atoms with van der Waals surface area (Å²) in [5.74, 6) is 2.81. The lowest BCUT2D eigenvalue weighted by molar-refractivity contribution is 0.112. The lowest BCUT2D eigenvalue weighted by Crippen LogP contribution is -2.05. The molecule has 0 aliphatic rings. The summed E-state index contributed by atoms with van der Waals surface area (Å²) >= 11 is 1.60. The fraction of sp³-hybridized carbons (Fsp3) is 0.318. The van der Waals surface area contributed by atoms with Gasteiger partial charge >= 0.3 is 0 Å². The second-order valence-electron chi connectivity index (χ2n) is 6.37. The molecule has 0 N–H and O–H groups in total. The summed E-state index contributed by atoms with van der Waals surface area (Å²) in [4.78, 5) is 11.0. The molecule has 6 nitrogen and oxygen atoms in total. The number of aryl methyl sites for hydroxylation is 1. The third kappa shape index (κ3) is 5.17. The van der Waals surface area contributed by atoms with Crippen LogP contribution in [0.3, 0.4) is 0 Å². The fourth-order valence-corrected chi connectivity index (χ4v) is 3.69. The average Bonchev–Trinajstić information content (AvgIpc) is 3.15. The van der Waals surface area contributed by atoms with Gasteiger partial charge in [-0.05, 0) is 39.0 Å². The summed E-state index contributed by atoms with van der Waals surface area (Å²) in [7, 11) is 0. The zero-order chi connectivity index (χ0) is 20.6. The normalized spacial score (nSPS) is 10.7. The fourth-order valence-electron chi connectivity index (χ4n) is 2.87. The van der Waals surface area contributed by atoms with Gasteiger partial charge in [0, 0.05) is 23.4 Å². The van der Waals surface area contributed by atoms with Gasteiger partial charge in [0.15, 0.2) is 22.5 Å². The zero-order valence-electron chi connectivity index (χ0n) is 16.9. The molecular formula is C22H25N3O3S. The van der Waals surface area contributed by atoms with Gasteiger partial charge in [-0.2, -0.15) is 0 Å². The van der Waals surface area contributed by atoms with Crippen molar-refractivity contribution in [2.75, 3.05) is 19.0 Å². The monoisotopic (exact) mass is 411 g/mol. The molecule has 0 unspecified atom stereocenters. The smallest absolute Gasteiger partial charge is 0.191 e. The molecule has 0 saturated carbocycles. The molecule has 0 aliphatic heterocycles. The highest BCUT2D eigenvalue weighted by molar-refractivity contribution is 7.99. The maximum Gasteiger partial charge on any atom is 0.191 e. The van der Waals surface area contributed by atoms with Gasteiger partial charge in [-0.25, -0.2) is 0 Å². The SMILES string of the molecule is CCOc1cc(C=O)ccc1OCCSc1nnc(-c2ccc(C)cc2)n1CC. The molecule has 0 amide bonds. The summed E-state index contributed by atoms with van der Waals surface area (Å²) in [6.07, 6.45) is 0.797. The van der Waals surface area contributed by atoms with E-state index in [0.29, 0.717) is 36.0 Å². The van der Waals surface area contributed by atoms with Crippen LogP contribution < -0.4 is 9.47 Å². The van der Waals surface area contributed by atoms with Crippen LogP contribution in [0, 0.1) is 6.92 Å². The number of rotatable bonds is 10. The Kier molecular flexibility index (Phi) is 7.30. The van der Waals surface area contributed by atoms with Crippen molar-refractivity contribution in [3.05, 3.63) is 53.6 Å². The van der Waals surface area contributed by atoms with E-state index < -0.39 is 0 Å². The predicted octanol–water partition coefficient (Wildman–Crippen LogP) is 4.66. The largest absolute Gasteiger partial charge is 0.490 e. The minimum Gasteiger partial charge on any atom is -0.490 e. The van der Waals surface area contributed by atoms with Crippen LogP contribution in [0.4, 0.5) is 0 Å². The van der Waals surface area contributed by atoms with Gasteiger partial charge in [0.05, 0.1) is 13.2 Å². The highest BCUT2D eigenvalue weighted by Gasteiger charge is 2.13. The van der Waals surface area contributed by atoms with Gasteiger partial charge in [-0.15, -0.1) is 10.2 Å². The summed E-state index contributed by atoms with van der Waals surface area (Å²) in [6, 6.07) is 13.5. The van der Waals surface area contributed by atoms with E-state index in [-0.39, 0.29) is 0 Å². The van der Waals surface area contributed by atoms with E-state index in [0.717, 1.165) is 29.4 Å². The van der Waals surface area contributed by atoms with Crippen LogP contribution in [0.2, 0.25) is 0 Å². The molecule has 152 valence electrons. The Hall–Kier alpha value is -2.80. The first kappa shape index (κ1) is 20.9. The van der Waals surface area contributed by atoms with Crippen LogP contribution >= 0.6 is 11.8 Å². The minimum absolute atomic E-state index is 0.488. The Balaban J connectivity index is 1.63. The predicted molar refractivity (Wildman–Crippen MR) is 115 cm³/mol. The molecule has 0 radical (unpaired) electrons. The van der Waals surface area contributed by atoms with E-state index in [1.165, 1.54) is 5.56 Å². The van der Waals surface area contributed by atoms with E-state index in [1.54, 1.807) is 30.0 Å². The lowest BCUT2D eigenvalue weighted by atomic mass is 10.1. The zero-order valence-corrected chi connectivity index (χ0v) is 17.7. The Bertz CT molecular complexity index is 954. The second-order valence-corrected chi connectivity index (χ2v) is 7.43. The van der Waals surface area contributed by atoms with Crippen molar-refractivity contribution in [1.82, 2.24) is 14.8 Å². The van der Waals surface area contributed by atoms with Crippen molar-refractivity contribution >= 4 is 18.0 Å². The topological polar surface area (TPSA) is 66.2 Å². The highest BCUT2D eigenvalue weighted by Crippen LogP contribution is 2.29. The van der Waals surface area contributed by atoms with Crippen LogP contribution in [0.5, 0.6) is 11.5 Å². The summed E-state index contributed by atoms with van der Waals surface area (Å²) in [5, 5.41) is 9.60. The van der Waals surface area contributed by atoms with E-state index in [2.05, 4.69) is 52.9 Å². The molecule has 0 fully saturated rings. The van der Waals surface area contributed by atoms with Crippen molar-refractivity contribution < 1.29 is 14.3 Å². The van der Waals surface area contributed by atoms with E-state index in [4.69, 9.17) is 9.47 Å². The highest BCUT2D eigenvalue weighted by atomic mass is 32.2. The molecule has 2 aromatic carbocycles. The number of aldehydes is 1. The quantitative estimate of drug-likeness (QED) is 0.275. The standard InChI is InChI=1S/C22H25N3O3S/c1-4-25-21(18-9-6-16(3)7-10-18)23-24-22(25)29-13-12-28-19-11-8-17(15-26)14-20(19)27-5-2/h6-11,14-15H,4-5,12-13H2,1-3H3. The number of hydrogen-bond acceptors (Lipinski definition) is 6. The molecule has 0 aliphatic carbocycles. The molecule has 7 heteroatoms. The second kappa shape index (κ2) is 10.1. The van der Waals surface area contributed by atoms with Gasteiger partial charge < -0.3 is 14.0 Å². The van der Waals surface area contributed by atoms with Gasteiger partial charge in [0.2, 0.25) is 0 Å². The van der Waals surface area contributed by atoms with Crippen molar-refractivity contribution in [2.45, 2.75) is 32.5 Å². The number of carbonyl (C=O) groups is 1. The Morgan fingerprint density at radius 3 is 2.52 bits per heavy atom. The van der Waals surface area contributed by atoms with Crippen molar-refractivity contribution in [3.63, 3.8) is 0 Å². The first-order chi connectivity index (χ1) is 14.2. The van der Waals surface area contributed by atoms with Gasteiger partial charge in [-0.1, -0.05) is 41.6 Å². The van der Waals surface area contributed by atoms with E-state index >= 15 is 0 Å². The number of thioether (sulfide) groups is 1. The third-order valence-electron chi connectivity index (χ3n) is 4.32. The molecule has 0 spiro atoms. The molecule has 0 bridgehead atoms. The van der Waals surface area contributed by atoms with Crippen LogP contribution in [-0.4, -0.2) is 40.0 Å². The van der Waals surface area contributed by atoms with E-state index in [1.807, 2.05) is 6.92 Å². The summed E-state index contributed by atoms with van der Waals surface area (Å²) in [6.45, 7) is 7.84. The molecule has 3 aromatic rings. The van der Waals surface area contributed by atoms with Gasteiger partial charge in [0.25, 0.3) is 0 Å². The van der Waals surface area contributed by atoms with Gasteiger partial charge in [-0.3, -0.25) is 4.79 Å². The molecule has 0 atom stereocenters. The number of hydrogen-bond donors (Lipinski definition) is 0. The van der Waals surface area contributed by atoms with Crippen LogP contribution in [0.25, 0.3) is 11.4 Å². The third-order valence-corrected chi connectivity index (χ3v) is 5.25. The van der Waals surface area contributed by atoms with Crippen molar-refractivity contribution in [2.24, 2.45) is 0 Å². The molecular weight excluding hydrogens is 386 g/mol. The van der Waals surface area contributed by atoms with Crippen molar-refractivity contribution in [3.8, 4) is 22.9 Å². The van der Waals surface area contributed by atoms with Crippen LogP contribution in [0.1, 0.15) is 29.8 Å². The lowest BCUT2D eigenvalue weighted by Gasteiger charge is -2.12. The average molecular weight is 412 g/mol. The number of aromatic nitrogens is 3. The molecule has 1 heterocycles.